The Morgan fingerprint density at radius 1 is 1.24 bits per heavy atom. The summed E-state index contributed by atoms with van der Waals surface area (Å²) in [7, 11) is 0. The quantitative estimate of drug-likeness (QED) is 0.618. The normalized spacial score (nSPS) is 10.8. The molecule has 5 N–H and O–H groups in total. The first kappa shape index (κ1) is 16.3. The number of rotatable bonds is 5. The second-order valence-corrected chi connectivity index (χ2v) is 4.92. The first-order chi connectivity index (χ1) is 9.63. The number of aromatic hydroxyl groups is 1. The Labute approximate surface area is 121 Å². The number of carboxylic acids is 1. The fourth-order valence-electron chi connectivity index (χ4n) is 1.44. The molecule has 0 unspecified atom stereocenters. The predicted octanol–water partition coefficient (Wildman–Crippen LogP) is 0.257. The molecular formula is C13H17N3O5. The average molecular weight is 295 g/mol. The minimum Gasteiger partial charge on any atom is -0.508 e. The molecule has 0 spiro atoms. The van der Waals surface area contributed by atoms with Gasteiger partial charge < -0.3 is 21.3 Å². The van der Waals surface area contributed by atoms with Crippen molar-refractivity contribution in [3.63, 3.8) is 0 Å². The number of nitrogens with two attached hydrogens (primary N) is 1. The van der Waals surface area contributed by atoms with Gasteiger partial charge in [-0.2, -0.15) is 0 Å². The molecule has 114 valence electrons. The minimum atomic E-state index is -1.33. The van der Waals surface area contributed by atoms with Crippen LogP contribution in [0, 0.1) is 0 Å². The van der Waals surface area contributed by atoms with Gasteiger partial charge in [0.1, 0.15) is 17.8 Å². The third-order valence-electron chi connectivity index (χ3n) is 2.74. The van der Waals surface area contributed by atoms with Crippen LogP contribution in [0.5, 0.6) is 5.75 Å². The molecule has 3 amide bonds. The van der Waals surface area contributed by atoms with Crippen LogP contribution in [-0.4, -0.2) is 40.2 Å². The highest BCUT2D eigenvalue weighted by molar-refractivity contribution is 5.99. The van der Waals surface area contributed by atoms with Crippen molar-refractivity contribution in [2.24, 2.45) is 5.73 Å². The van der Waals surface area contributed by atoms with Crippen LogP contribution >= 0.6 is 0 Å². The Morgan fingerprint density at radius 3 is 2.19 bits per heavy atom. The van der Waals surface area contributed by atoms with Crippen LogP contribution in [-0.2, 0) is 9.59 Å². The maximum atomic E-state index is 12.2. The molecule has 0 saturated heterocycles. The molecule has 0 fully saturated rings. The van der Waals surface area contributed by atoms with Gasteiger partial charge in [-0.3, -0.25) is 14.5 Å². The summed E-state index contributed by atoms with van der Waals surface area (Å²) in [6, 6.07) is 4.62. The van der Waals surface area contributed by atoms with Crippen LogP contribution in [0.1, 0.15) is 13.8 Å². The van der Waals surface area contributed by atoms with E-state index in [9.17, 15) is 19.5 Å². The first-order valence-electron chi connectivity index (χ1n) is 6.04. The molecule has 0 aromatic heterocycles. The number of nitrogens with one attached hydrogen (secondary N) is 1. The smallest absolute Gasteiger partial charge is 0.323 e. The number of phenolic OH excluding ortho intramolecular Hbond substituents is 1. The number of urea groups is 1. The van der Waals surface area contributed by atoms with E-state index in [0.29, 0.717) is 0 Å². The molecular weight excluding hydrogens is 278 g/mol. The number of primary amides is 1. The lowest BCUT2D eigenvalue weighted by molar-refractivity contribution is -0.135. The van der Waals surface area contributed by atoms with Crippen LogP contribution < -0.4 is 16.0 Å². The summed E-state index contributed by atoms with van der Waals surface area (Å²) in [5, 5.41) is 20.5. The summed E-state index contributed by atoms with van der Waals surface area (Å²) in [4.78, 5) is 35.2. The van der Waals surface area contributed by atoms with Crippen LogP contribution in [0.3, 0.4) is 0 Å². The van der Waals surface area contributed by atoms with Crippen molar-refractivity contribution in [2.75, 3.05) is 11.4 Å². The molecule has 1 aromatic carbocycles. The third kappa shape index (κ3) is 4.37. The van der Waals surface area contributed by atoms with Crippen molar-refractivity contribution >= 4 is 23.6 Å². The van der Waals surface area contributed by atoms with Crippen molar-refractivity contribution in [3.05, 3.63) is 24.3 Å². The van der Waals surface area contributed by atoms with Crippen molar-refractivity contribution in [1.82, 2.24) is 5.32 Å². The highest BCUT2D eigenvalue weighted by atomic mass is 16.4. The molecule has 0 radical (unpaired) electrons. The highest BCUT2D eigenvalue weighted by Gasteiger charge is 2.30. The number of anilines is 1. The monoisotopic (exact) mass is 295 g/mol. The van der Waals surface area contributed by atoms with Crippen molar-refractivity contribution < 1.29 is 24.6 Å². The molecule has 8 heteroatoms. The number of aliphatic carboxylic acids is 1. The molecule has 0 bridgehead atoms. The number of benzene rings is 1. The van der Waals surface area contributed by atoms with E-state index < -0.39 is 30.0 Å². The summed E-state index contributed by atoms with van der Waals surface area (Å²) >= 11 is 0. The largest absolute Gasteiger partial charge is 0.508 e. The van der Waals surface area contributed by atoms with Gasteiger partial charge in [0.15, 0.2) is 0 Å². The Bertz CT molecular complexity index is 553. The van der Waals surface area contributed by atoms with Gasteiger partial charge in [0.25, 0.3) is 0 Å². The van der Waals surface area contributed by atoms with Crippen LogP contribution in [0.25, 0.3) is 0 Å². The summed E-state index contributed by atoms with van der Waals surface area (Å²) in [6.45, 7) is 2.21. The number of hydrogen-bond acceptors (Lipinski definition) is 4. The van der Waals surface area contributed by atoms with E-state index in [-0.39, 0.29) is 11.4 Å². The number of hydrogen-bond donors (Lipinski definition) is 4. The third-order valence-corrected chi connectivity index (χ3v) is 2.74. The molecule has 0 saturated carbocycles. The topological polar surface area (TPSA) is 133 Å². The van der Waals surface area contributed by atoms with Gasteiger partial charge in [-0.1, -0.05) is 0 Å². The van der Waals surface area contributed by atoms with E-state index in [1.165, 1.54) is 38.1 Å². The molecule has 0 aliphatic rings. The van der Waals surface area contributed by atoms with Crippen molar-refractivity contribution in [2.45, 2.75) is 19.4 Å². The summed E-state index contributed by atoms with van der Waals surface area (Å²) < 4.78 is 0. The maximum Gasteiger partial charge on any atom is 0.323 e. The maximum absolute atomic E-state index is 12.2. The lowest BCUT2D eigenvalue weighted by Crippen LogP contribution is -2.57. The molecule has 0 aliphatic carbocycles. The number of carbonyl (C=O) groups excluding carboxylic acids is 2. The van der Waals surface area contributed by atoms with Gasteiger partial charge in [0, 0.05) is 5.69 Å². The lowest BCUT2D eigenvalue weighted by atomic mass is 10.1. The number of nitrogens with zero attached hydrogens (tertiary/aromatic N) is 1. The molecule has 1 rings (SSSR count). The van der Waals surface area contributed by atoms with Crippen LogP contribution in [0.2, 0.25) is 0 Å². The molecule has 1 aromatic rings. The first-order valence-corrected chi connectivity index (χ1v) is 6.04. The summed E-state index contributed by atoms with van der Waals surface area (Å²) in [5.41, 5.74) is 4.09. The molecule has 8 nitrogen and oxygen atoms in total. The van der Waals surface area contributed by atoms with Gasteiger partial charge in [0.05, 0.1) is 0 Å². The Hall–Kier alpha value is -2.77. The summed E-state index contributed by atoms with van der Waals surface area (Å²) in [5.74, 6) is -2.00. The standard InChI is InChI=1S/C13H17N3O5/c1-13(2,11(14)20)15-12(21)16(7-10(18)19)8-3-5-9(17)6-4-8/h3-6,17H,7H2,1-2H3,(H2,14,20)(H,15,21)(H,18,19). The minimum absolute atomic E-state index is 0.0214. The highest BCUT2D eigenvalue weighted by Crippen LogP contribution is 2.19. The summed E-state index contributed by atoms with van der Waals surface area (Å²) in [6.07, 6.45) is 0. The van der Waals surface area contributed by atoms with Gasteiger partial charge in [-0.25, -0.2) is 4.79 Å². The fourth-order valence-corrected chi connectivity index (χ4v) is 1.44. The lowest BCUT2D eigenvalue weighted by Gasteiger charge is -2.28. The number of amides is 3. The van der Waals surface area contributed by atoms with E-state index in [0.717, 1.165) is 4.90 Å². The van der Waals surface area contributed by atoms with E-state index in [2.05, 4.69) is 5.32 Å². The Kier molecular flexibility index (Phi) is 4.75. The zero-order valence-corrected chi connectivity index (χ0v) is 11.7. The zero-order chi connectivity index (χ0) is 16.2. The second-order valence-electron chi connectivity index (χ2n) is 4.92. The molecule has 21 heavy (non-hydrogen) atoms. The number of phenols is 1. The van der Waals surface area contributed by atoms with Gasteiger partial charge in [0.2, 0.25) is 5.91 Å². The Morgan fingerprint density at radius 2 is 1.76 bits per heavy atom. The van der Waals surface area contributed by atoms with Crippen molar-refractivity contribution in [3.8, 4) is 5.75 Å². The SMILES string of the molecule is CC(C)(NC(=O)N(CC(=O)O)c1ccc(O)cc1)C(N)=O. The van der Waals surface area contributed by atoms with Crippen LogP contribution in [0.15, 0.2) is 24.3 Å². The van der Waals surface area contributed by atoms with Gasteiger partial charge >= 0.3 is 12.0 Å². The molecule has 0 atom stereocenters. The molecule has 0 heterocycles. The van der Waals surface area contributed by atoms with E-state index >= 15 is 0 Å². The second kappa shape index (κ2) is 6.12. The Balaban J connectivity index is 3.02. The average Bonchev–Trinajstić information content (AvgIpc) is 2.36. The van der Waals surface area contributed by atoms with Crippen molar-refractivity contribution in [1.29, 1.82) is 0 Å². The zero-order valence-electron chi connectivity index (χ0n) is 11.7. The molecule has 0 aliphatic heterocycles. The van der Waals surface area contributed by atoms with E-state index in [1.807, 2.05) is 0 Å². The number of carbonyl (C=O) groups is 3. The van der Waals surface area contributed by atoms with E-state index in [4.69, 9.17) is 10.8 Å². The van der Waals surface area contributed by atoms with Gasteiger partial charge in [-0.05, 0) is 38.1 Å². The van der Waals surface area contributed by atoms with Gasteiger partial charge in [-0.15, -0.1) is 0 Å². The fraction of sp³-hybridized carbons (Fsp3) is 0.308. The van der Waals surface area contributed by atoms with E-state index in [1.54, 1.807) is 0 Å². The number of carboxylic acid groups (broad SMARTS) is 1. The predicted molar refractivity (Wildman–Crippen MR) is 74.9 cm³/mol. The van der Waals surface area contributed by atoms with Crippen LogP contribution in [0.4, 0.5) is 10.5 Å².